The van der Waals surface area contributed by atoms with Gasteiger partial charge in [-0.15, -0.1) is 10.2 Å². The van der Waals surface area contributed by atoms with Crippen molar-refractivity contribution >= 4 is 5.82 Å². The largest absolute Gasteiger partial charge is 0.377 e. The standard InChI is InChI=1S/C14H16N6O/c1-10-9-21-6-5-20(10)14-7-11(12(8-15)17-18-14)13-3-4-16-19(13)2/h3-4,7,10H,5-6,9H2,1-2H3. The molecule has 0 spiro atoms. The fourth-order valence-electron chi connectivity index (χ4n) is 2.51. The Labute approximate surface area is 122 Å². The second-order valence-electron chi connectivity index (χ2n) is 5.03. The first-order valence-corrected chi connectivity index (χ1v) is 6.81. The summed E-state index contributed by atoms with van der Waals surface area (Å²) in [5.41, 5.74) is 1.91. The summed E-state index contributed by atoms with van der Waals surface area (Å²) < 4.78 is 7.17. The van der Waals surface area contributed by atoms with Gasteiger partial charge in [-0.25, -0.2) is 0 Å². The summed E-state index contributed by atoms with van der Waals surface area (Å²) in [6, 6.07) is 6.10. The van der Waals surface area contributed by atoms with Gasteiger partial charge >= 0.3 is 0 Å². The van der Waals surface area contributed by atoms with Gasteiger partial charge in [0.25, 0.3) is 0 Å². The minimum Gasteiger partial charge on any atom is -0.377 e. The molecule has 0 saturated carbocycles. The second kappa shape index (κ2) is 5.50. The third-order valence-corrected chi connectivity index (χ3v) is 3.65. The maximum absolute atomic E-state index is 9.25. The van der Waals surface area contributed by atoms with E-state index in [0.29, 0.717) is 18.9 Å². The third-order valence-electron chi connectivity index (χ3n) is 3.65. The quantitative estimate of drug-likeness (QED) is 0.817. The van der Waals surface area contributed by atoms with Crippen molar-refractivity contribution in [3.8, 4) is 17.3 Å². The van der Waals surface area contributed by atoms with Crippen molar-refractivity contribution in [2.45, 2.75) is 13.0 Å². The van der Waals surface area contributed by atoms with E-state index in [1.54, 1.807) is 10.9 Å². The summed E-state index contributed by atoms with van der Waals surface area (Å²) >= 11 is 0. The van der Waals surface area contributed by atoms with Gasteiger partial charge in [-0.05, 0) is 19.1 Å². The number of rotatable bonds is 2. The molecule has 3 rings (SSSR count). The van der Waals surface area contributed by atoms with Gasteiger partial charge in [0, 0.05) is 25.4 Å². The van der Waals surface area contributed by atoms with E-state index < -0.39 is 0 Å². The van der Waals surface area contributed by atoms with Crippen LogP contribution in [0.25, 0.3) is 11.3 Å². The molecule has 0 radical (unpaired) electrons. The van der Waals surface area contributed by atoms with Crippen LogP contribution in [0, 0.1) is 11.3 Å². The molecule has 0 bridgehead atoms. The molecule has 0 aliphatic carbocycles. The minimum atomic E-state index is 0.236. The molecule has 1 atom stereocenters. The highest BCUT2D eigenvalue weighted by Crippen LogP contribution is 2.26. The number of nitrogens with zero attached hydrogens (tertiary/aromatic N) is 6. The van der Waals surface area contributed by atoms with Crippen molar-refractivity contribution in [2.75, 3.05) is 24.7 Å². The number of anilines is 1. The topological polar surface area (TPSA) is 79.9 Å². The van der Waals surface area contributed by atoms with Crippen LogP contribution in [0.15, 0.2) is 18.3 Å². The summed E-state index contributed by atoms with van der Waals surface area (Å²) in [6.45, 7) is 4.20. The molecule has 1 fully saturated rings. The number of aryl methyl sites for hydroxylation is 1. The Morgan fingerprint density at radius 3 is 2.95 bits per heavy atom. The van der Waals surface area contributed by atoms with Crippen LogP contribution in [0.4, 0.5) is 5.82 Å². The molecule has 1 aliphatic rings. The molecule has 2 aromatic heterocycles. The second-order valence-corrected chi connectivity index (χ2v) is 5.03. The first kappa shape index (κ1) is 13.5. The van der Waals surface area contributed by atoms with Crippen LogP contribution in [0.3, 0.4) is 0 Å². The van der Waals surface area contributed by atoms with Crippen LogP contribution >= 0.6 is 0 Å². The third kappa shape index (κ3) is 2.45. The lowest BCUT2D eigenvalue weighted by molar-refractivity contribution is 0.0984. The van der Waals surface area contributed by atoms with Crippen molar-refractivity contribution in [1.29, 1.82) is 5.26 Å². The molecular formula is C14H16N6O. The number of aromatic nitrogens is 4. The van der Waals surface area contributed by atoms with E-state index in [1.807, 2.05) is 19.2 Å². The Bertz CT molecular complexity index is 689. The number of hydrogen-bond acceptors (Lipinski definition) is 6. The van der Waals surface area contributed by atoms with E-state index in [9.17, 15) is 5.26 Å². The van der Waals surface area contributed by atoms with Crippen LogP contribution in [0.5, 0.6) is 0 Å². The lowest BCUT2D eigenvalue weighted by Crippen LogP contribution is -2.44. The highest BCUT2D eigenvalue weighted by Gasteiger charge is 2.22. The van der Waals surface area contributed by atoms with Crippen molar-refractivity contribution in [3.05, 3.63) is 24.0 Å². The van der Waals surface area contributed by atoms with Crippen molar-refractivity contribution in [1.82, 2.24) is 20.0 Å². The molecule has 7 heteroatoms. The molecule has 21 heavy (non-hydrogen) atoms. The zero-order valence-electron chi connectivity index (χ0n) is 12.0. The Hall–Kier alpha value is -2.46. The van der Waals surface area contributed by atoms with Gasteiger partial charge in [-0.3, -0.25) is 4.68 Å². The summed E-state index contributed by atoms with van der Waals surface area (Å²) in [7, 11) is 1.84. The summed E-state index contributed by atoms with van der Waals surface area (Å²) in [5.74, 6) is 0.765. The van der Waals surface area contributed by atoms with Gasteiger partial charge in [-0.1, -0.05) is 0 Å². The van der Waals surface area contributed by atoms with Crippen LogP contribution in [-0.4, -0.2) is 45.8 Å². The molecule has 108 valence electrons. The predicted molar refractivity (Wildman–Crippen MR) is 76.6 cm³/mol. The molecule has 2 aromatic rings. The van der Waals surface area contributed by atoms with E-state index in [1.165, 1.54) is 0 Å². The van der Waals surface area contributed by atoms with E-state index in [2.05, 4.69) is 33.2 Å². The lowest BCUT2D eigenvalue weighted by atomic mass is 10.1. The fraction of sp³-hybridized carbons (Fsp3) is 0.429. The molecule has 7 nitrogen and oxygen atoms in total. The SMILES string of the molecule is CC1COCCN1c1cc(-c2ccnn2C)c(C#N)nn1. The Kier molecular flexibility index (Phi) is 3.54. The molecule has 3 heterocycles. The average Bonchev–Trinajstić information content (AvgIpc) is 2.93. The maximum atomic E-state index is 9.25. The van der Waals surface area contributed by atoms with Gasteiger partial charge in [0.2, 0.25) is 0 Å². The number of nitriles is 1. The van der Waals surface area contributed by atoms with Gasteiger partial charge in [-0.2, -0.15) is 10.4 Å². The summed E-state index contributed by atoms with van der Waals surface area (Å²) in [5, 5.41) is 21.7. The Morgan fingerprint density at radius 2 is 2.29 bits per heavy atom. The van der Waals surface area contributed by atoms with E-state index >= 15 is 0 Å². The van der Waals surface area contributed by atoms with Crippen LogP contribution < -0.4 is 4.90 Å². The van der Waals surface area contributed by atoms with Crippen LogP contribution in [0.2, 0.25) is 0 Å². The van der Waals surface area contributed by atoms with E-state index in [4.69, 9.17) is 4.74 Å². The molecule has 1 aliphatic heterocycles. The minimum absolute atomic E-state index is 0.236. The Morgan fingerprint density at radius 1 is 1.43 bits per heavy atom. The van der Waals surface area contributed by atoms with Crippen molar-refractivity contribution < 1.29 is 4.74 Å². The van der Waals surface area contributed by atoms with Gasteiger partial charge < -0.3 is 9.64 Å². The molecule has 1 unspecified atom stereocenters. The van der Waals surface area contributed by atoms with E-state index in [-0.39, 0.29) is 6.04 Å². The Balaban J connectivity index is 2.05. The monoisotopic (exact) mass is 284 g/mol. The molecule has 1 saturated heterocycles. The normalized spacial score (nSPS) is 18.5. The number of hydrogen-bond donors (Lipinski definition) is 0. The van der Waals surface area contributed by atoms with Crippen molar-refractivity contribution in [2.24, 2.45) is 7.05 Å². The molecule has 0 amide bonds. The van der Waals surface area contributed by atoms with Gasteiger partial charge in [0.05, 0.1) is 24.9 Å². The van der Waals surface area contributed by atoms with Gasteiger partial charge in [0.15, 0.2) is 11.5 Å². The smallest absolute Gasteiger partial charge is 0.172 e. The molecular weight excluding hydrogens is 268 g/mol. The van der Waals surface area contributed by atoms with Crippen LogP contribution in [0.1, 0.15) is 12.6 Å². The molecule has 0 aromatic carbocycles. The van der Waals surface area contributed by atoms with Gasteiger partial charge in [0.1, 0.15) is 6.07 Å². The first-order chi connectivity index (χ1) is 10.2. The summed E-state index contributed by atoms with van der Waals surface area (Å²) in [6.07, 6.45) is 1.70. The predicted octanol–water partition coefficient (Wildman–Crippen LogP) is 0.974. The maximum Gasteiger partial charge on any atom is 0.172 e. The zero-order valence-corrected chi connectivity index (χ0v) is 12.0. The van der Waals surface area contributed by atoms with Crippen LogP contribution in [-0.2, 0) is 11.8 Å². The van der Waals surface area contributed by atoms with E-state index in [0.717, 1.165) is 23.6 Å². The number of morpholine rings is 1. The number of ether oxygens (including phenoxy) is 1. The highest BCUT2D eigenvalue weighted by molar-refractivity contribution is 5.68. The highest BCUT2D eigenvalue weighted by atomic mass is 16.5. The summed E-state index contributed by atoms with van der Waals surface area (Å²) in [4.78, 5) is 2.15. The first-order valence-electron chi connectivity index (χ1n) is 6.81. The lowest BCUT2D eigenvalue weighted by Gasteiger charge is -2.34. The fourth-order valence-corrected chi connectivity index (χ4v) is 2.51. The average molecular weight is 284 g/mol. The van der Waals surface area contributed by atoms with Crippen molar-refractivity contribution in [3.63, 3.8) is 0 Å². The molecule has 0 N–H and O–H groups in total. The zero-order chi connectivity index (χ0) is 14.8.